The molecular weight excluding hydrogens is 254 g/mol. The molecule has 0 radical (unpaired) electrons. The molecule has 0 fully saturated rings. The minimum Gasteiger partial charge on any atom is -0.338 e. The first-order valence-electron chi connectivity index (χ1n) is 4.42. The van der Waals surface area contributed by atoms with E-state index in [0.29, 0.717) is 5.82 Å². The number of hydrogen-bond donors (Lipinski definition) is 1. The summed E-state index contributed by atoms with van der Waals surface area (Å²) in [6, 6.07) is 4.03. The summed E-state index contributed by atoms with van der Waals surface area (Å²) in [7, 11) is 0. The van der Waals surface area contributed by atoms with Crippen molar-refractivity contribution in [1.29, 1.82) is 0 Å². The lowest BCUT2D eigenvalue weighted by atomic mass is 10.1. The number of aromatic amines is 1. The van der Waals surface area contributed by atoms with Crippen LogP contribution in [0, 0.1) is 13.8 Å². The van der Waals surface area contributed by atoms with E-state index >= 15 is 0 Å². The first-order chi connectivity index (χ1) is 6.88. The third-order valence-corrected chi connectivity index (χ3v) is 2.73. The highest BCUT2D eigenvalue weighted by molar-refractivity contribution is 6.66. The van der Waals surface area contributed by atoms with Crippen LogP contribution in [-0.4, -0.2) is 9.97 Å². The van der Waals surface area contributed by atoms with E-state index in [2.05, 4.69) is 9.97 Å². The summed E-state index contributed by atoms with van der Waals surface area (Å²) in [6.45, 7) is 4.00. The lowest BCUT2D eigenvalue weighted by Crippen LogP contribution is -2.02. The molecule has 0 aliphatic rings. The zero-order chi connectivity index (χ0) is 11.2. The van der Waals surface area contributed by atoms with E-state index in [9.17, 15) is 0 Å². The highest BCUT2D eigenvalue weighted by Gasteiger charge is 2.27. The first kappa shape index (κ1) is 11.1. The molecule has 0 atom stereocenters. The maximum atomic E-state index is 5.76. The van der Waals surface area contributed by atoms with Crippen molar-refractivity contribution >= 4 is 45.8 Å². The molecule has 0 saturated carbocycles. The molecule has 0 saturated heterocycles. The van der Waals surface area contributed by atoms with Crippen molar-refractivity contribution in [1.82, 2.24) is 9.97 Å². The van der Waals surface area contributed by atoms with Gasteiger partial charge in [-0.25, -0.2) is 4.98 Å². The maximum Gasteiger partial charge on any atom is 0.248 e. The van der Waals surface area contributed by atoms with E-state index < -0.39 is 3.79 Å². The molecule has 1 aromatic carbocycles. The number of aromatic nitrogens is 2. The van der Waals surface area contributed by atoms with Gasteiger partial charge in [0.25, 0.3) is 0 Å². The Morgan fingerprint density at radius 3 is 2.47 bits per heavy atom. The highest BCUT2D eigenvalue weighted by atomic mass is 35.6. The van der Waals surface area contributed by atoms with Gasteiger partial charge in [0.15, 0.2) is 5.82 Å². The van der Waals surface area contributed by atoms with Crippen LogP contribution in [0.5, 0.6) is 0 Å². The monoisotopic (exact) mass is 262 g/mol. The van der Waals surface area contributed by atoms with E-state index in [4.69, 9.17) is 34.8 Å². The minimum absolute atomic E-state index is 0.358. The van der Waals surface area contributed by atoms with Gasteiger partial charge in [-0.15, -0.1) is 0 Å². The number of hydrogen-bond acceptors (Lipinski definition) is 1. The lowest BCUT2D eigenvalue weighted by molar-refractivity contribution is 1.05. The largest absolute Gasteiger partial charge is 0.338 e. The Balaban J connectivity index is 2.71. The van der Waals surface area contributed by atoms with Gasteiger partial charge in [0.05, 0.1) is 11.0 Å². The summed E-state index contributed by atoms with van der Waals surface area (Å²) < 4.78 is -1.50. The molecule has 0 unspecified atom stereocenters. The van der Waals surface area contributed by atoms with Crippen LogP contribution in [0.4, 0.5) is 0 Å². The maximum absolute atomic E-state index is 5.76. The van der Waals surface area contributed by atoms with Gasteiger partial charge in [-0.3, -0.25) is 0 Å². The van der Waals surface area contributed by atoms with Crippen LogP contribution < -0.4 is 0 Å². The van der Waals surface area contributed by atoms with Crippen LogP contribution in [0.2, 0.25) is 0 Å². The SMILES string of the molecule is Cc1cc(C)c2nc(C(Cl)(Cl)Cl)[nH]c2c1. The van der Waals surface area contributed by atoms with Gasteiger partial charge in [-0.05, 0) is 31.0 Å². The average molecular weight is 264 g/mol. The van der Waals surface area contributed by atoms with E-state index in [1.807, 2.05) is 26.0 Å². The number of alkyl halides is 3. The second-order valence-electron chi connectivity index (χ2n) is 3.56. The van der Waals surface area contributed by atoms with Gasteiger partial charge in [0, 0.05) is 0 Å². The molecule has 0 amide bonds. The van der Waals surface area contributed by atoms with Gasteiger partial charge < -0.3 is 4.98 Å². The number of fused-ring (bicyclic) bond motifs is 1. The second kappa shape index (κ2) is 3.55. The van der Waals surface area contributed by atoms with Crippen molar-refractivity contribution in [3.63, 3.8) is 0 Å². The van der Waals surface area contributed by atoms with Crippen LogP contribution in [0.3, 0.4) is 0 Å². The van der Waals surface area contributed by atoms with Crippen molar-refractivity contribution in [2.45, 2.75) is 17.6 Å². The molecular formula is C10H9Cl3N2. The fraction of sp³-hybridized carbons (Fsp3) is 0.300. The van der Waals surface area contributed by atoms with Crippen molar-refractivity contribution in [3.8, 4) is 0 Å². The van der Waals surface area contributed by atoms with Gasteiger partial charge >= 0.3 is 0 Å². The van der Waals surface area contributed by atoms with E-state index in [1.165, 1.54) is 0 Å². The summed E-state index contributed by atoms with van der Waals surface area (Å²) in [4.78, 5) is 7.28. The number of rotatable bonds is 0. The molecule has 0 spiro atoms. The minimum atomic E-state index is -1.50. The average Bonchev–Trinajstić information content (AvgIpc) is 2.46. The smallest absolute Gasteiger partial charge is 0.248 e. The molecule has 15 heavy (non-hydrogen) atoms. The predicted molar refractivity (Wildman–Crippen MR) is 64.8 cm³/mol. The van der Waals surface area contributed by atoms with Crippen LogP contribution in [0.25, 0.3) is 11.0 Å². The number of aryl methyl sites for hydroxylation is 2. The summed E-state index contributed by atoms with van der Waals surface area (Å²) >= 11 is 17.3. The summed E-state index contributed by atoms with van der Waals surface area (Å²) in [6.07, 6.45) is 0. The second-order valence-corrected chi connectivity index (χ2v) is 5.84. The number of nitrogens with one attached hydrogen (secondary N) is 1. The van der Waals surface area contributed by atoms with Gasteiger partial charge in [-0.1, -0.05) is 40.9 Å². The predicted octanol–water partition coefficient (Wildman–Crippen LogP) is 4.01. The topological polar surface area (TPSA) is 28.7 Å². The van der Waals surface area contributed by atoms with Crippen molar-refractivity contribution in [2.75, 3.05) is 0 Å². The van der Waals surface area contributed by atoms with E-state index in [1.54, 1.807) is 0 Å². The van der Waals surface area contributed by atoms with Crippen molar-refractivity contribution in [2.24, 2.45) is 0 Å². The number of imidazole rings is 1. The molecule has 0 bridgehead atoms. The Morgan fingerprint density at radius 1 is 1.20 bits per heavy atom. The Morgan fingerprint density at radius 2 is 1.87 bits per heavy atom. The van der Waals surface area contributed by atoms with E-state index in [-0.39, 0.29) is 0 Å². The standard InChI is InChI=1S/C10H9Cl3N2/c1-5-3-6(2)8-7(4-5)14-9(15-8)10(11,12)13/h3-4H,1-2H3,(H,14,15). The molecule has 2 nitrogen and oxygen atoms in total. The molecule has 1 N–H and O–H groups in total. The van der Waals surface area contributed by atoms with Crippen LogP contribution in [0.1, 0.15) is 17.0 Å². The third kappa shape index (κ3) is 2.07. The zero-order valence-corrected chi connectivity index (χ0v) is 10.5. The number of H-pyrrole nitrogens is 1. The fourth-order valence-corrected chi connectivity index (χ4v) is 1.87. The van der Waals surface area contributed by atoms with Crippen LogP contribution >= 0.6 is 34.8 Å². The van der Waals surface area contributed by atoms with Crippen LogP contribution in [-0.2, 0) is 3.79 Å². The molecule has 80 valence electrons. The zero-order valence-electron chi connectivity index (χ0n) is 8.24. The first-order valence-corrected chi connectivity index (χ1v) is 5.55. The summed E-state index contributed by atoms with van der Waals surface area (Å²) in [5.41, 5.74) is 3.97. The molecule has 0 aliphatic carbocycles. The highest BCUT2D eigenvalue weighted by Crippen LogP contribution is 2.37. The van der Waals surface area contributed by atoms with Gasteiger partial charge in [0.1, 0.15) is 0 Å². The molecule has 2 aromatic rings. The molecule has 5 heteroatoms. The quantitative estimate of drug-likeness (QED) is 0.715. The number of halogens is 3. The normalized spacial score (nSPS) is 12.3. The lowest BCUT2D eigenvalue weighted by Gasteiger charge is -2.04. The third-order valence-electron chi connectivity index (χ3n) is 2.19. The fourth-order valence-electron chi connectivity index (χ4n) is 1.61. The Bertz CT molecular complexity index is 511. The number of benzene rings is 1. The van der Waals surface area contributed by atoms with Crippen molar-refractivity contribution in [3.05, 3.63) is 29.1 Å². The van der Waals surface area contributed by atoms with Crippen molar-refractivity contribution < 1.29 is 0 Å². The Kier molecular flexibility index (Phi) is 2.61. The Labute approximate surface area is 103 Å². The molecule has 1 heterocycles. The summed E-state index contributed by atoms with van der Waals surface area (Å²) in [5.74, 6) is 0.358. The van der Waals surface area contributed by atoms with E-state index in [0.717, 1.165) is 22.2 Å². The number of nitrogens with zero attached hydrogens (tertiary/aromatic N) is 1. The van der Waals surface area contributed by atoms with Crippen LogP contribution in [0.15, 0.2) is 12.1 Å². The molecule has 1 aromatic heterocycles. The molecule has 0 aliphatic heterocycles. The van der Waals surface area contributed by atoms with Gasteiger partial charge in [0.2, 0.25) is 3.79 Å². The van der Waals surface area contributed by atoms with Gasteiger partial charge in [-0.2, -0.15) is 0 Å². The molecule has 2 rings (SSSR count). The summed E-state index contributed by atoms with van der Waals surface area (Å²) in [5, 5.41) is 0. The Hall–Kier alpha value is -0.440.